The van der Waals surface area contributed by atoms with E-state index in [4.69, 9.17) is 4.74 Å². The normalized spacial score (nSPS) is 10.4. The predicted molar refractivity (Wildman–Crippen MR) is 68.1 cm³/mol. The van der Waals surface area contributed by atoms with Crippen molar-refractivity contribution in [3.05, 3.63) is 18.2 Å². The molecule has 0 aliphatic heterocycles. The van der Waals surface area contributed by atoms with E-state index in [1.165, 1.54) is 0 Å². The summed E-state index contributed by atoms with van der Waals surface area (Å²) in [5, 5.41) is 2.74. The highest BCUT2D eigenvalue weighted by Crippen LogP contribution is 2.12. The van der Waals surface area contributed by atoms with E-state index in [0.29, 0.717) is 18.3 Å². The van der Waals surface area contributed by atoms with Gasteiger partial charge in [-0.3, -0.25) is 4.79 Å². The molecule has 94 valence electrons. The Morgan fingerprint density at radius 1 is 1.47 bits per heavy atom. The molecule has 1 rings (SSSR count). The first-order valence-electron chi connectivity index (χ1n) is 6.04. The average molecular weight is 236 g/mol. The minimum absolute atomic E-state index is 0.0387. The lowest BCUT2D eigenvalue weighted by atomic mass is 10.2. The molecule has 1 aromatic heterocycles. The minimum Gasteiger partial charge on any atom is -0.478 e. The van der Waals surface area contributed by atoms with Crippen LogP contribution in [0.1, 0.15) is 33.6 Å². The lowest BCUT2D eigenvalue weighted by Crippen LogP contribution is -2.18. The van der Waals surface area contributed by atoms with Gasteiger partial charge in [0.15, 0.2) is 0 Å². The summed E-state index contributed by atoms with van der Waals surface area (Å²) in [5.41, 5.74) is 0. The molecule has 4 heteroatoms. The quantitative estimate of drug-likeness (QED) is 0.773. The fourth-order valence-corrected chi connectivity index (χ4v) is 1.16. The number of carbonyl (C=O) groups excluding carboxylic acids is 1. The van der Waals surface area contributed by atoms with Gasteiger partial charge in [0.25, 0.3) is 0 Å². The number of hydrogen-bond donors (Lipinski definition) is 1. The van der Waals surface area contributed by atoms with Gasteiger partial charge in [-0.2, -0.15) is 4.98 Å². The SMILES string of the molecule is CCCCOc1cccc(NC(=O)C(C)C)n1. The van der Waals surface area contributed by atoms with Crippen molar-refractivity contribution in [2.45, 2.75) is 33.6 Å². The molecule has 1 heterocycles. The summed E-state index contributed by atoms with van der Waals surface area (Å²) in [4.78, 5) is 15.7. The zero-order valence-corrected chi connectivity index (χ0v) is 10.7. The van der Waals surface area contributed by atoms with E-state index in [2.05, 4.69) is 17.2 Å². The molecule has 4 nitrogen and oxygen atoms in total. The summed E-state index contributed by atoms with van der Waals surface area (Å²) < 4.78 is 5.47. The number of hydrogen-bond acceptors (Lipinski definition) is 3. The third-order valence-electron chi connectivity index (χ3n) is 2.25. The monoisotopic (exact) mass is 236 g/mol. The molecule has 0 bridgehead atoms. The van der Waals surface area contributed by atoms with Gasteiger partial charge in [-0.05, 0) is 12.5 Å². The third kappa shape index (κ3) is 4.85. The number of unbranched alkanes of at least 4 members (excludes halogenated alkanes) is 1. The molecule has 1 amide bonds. The Bertz CT molecular complexity index is 364. The zero-order chi connectivity index (χ0) is 12.7. The highest BCUT2D eigenvalue weighted by Gasteiger charge is 2.08. The molecular formula is C13H20N2O2. The maximum Gasteiger partial charge on any atom is 0.228 e. The van der Waals surface area contributed by atoms with E-state index in [1.807, 2.05) is 19.9 Å². The summed E-state index contributed by atoms with van der Waals surface area (Å²) in [5.74, 6) is 1.00. The van der Waals surface area contributed by atoms with E-state index >= 15 is 0 Å². The van der Waals surface area contributed by atoms with Crippen LogP contribution >= 0.6 is 0 Å². The fourth-order valence-electron chi connectivity index (χ4n) is 1.16. The number of pyridine rings is 1. The number of nitrogens with zero attached hydrogens (tertiary/aromatic N) is 1. The van der Waals surface area contributed by atoms with Crippen LogP contribution in [0.3, 0.4) is 0 Å². The first kappa shape index (κ1) is 13.5. The van der Waals surface area contributed by atoms with Crippen molar-refractivity contribution in [1.82, 2.24) is 4.98 Å². The van der Waals surface area contributed by atoms with Crippen LogP contribution in [0.5, 0.6) is 5.88 Å². The Labute approximate surface area is 102 Å². The van der Waals surface area contributed by atoms with Crippen LogP contribution in [-0.4, -0.2) is 17.5 Å². The Morgan fingerprint density at radius 2 is 2.24 bits per heavy atom. The van der Waals surface area contributed by atoms with Crippen molar-refractivity contribution in [3.63, 3.8) is 0 Å². The van der Waals surface area contributed by atoms with Crippen LogP contribution in [0, 0.1) is 5.92 Å². The number of aromatic nitrogens is 1. The van der Waals surface area contributed by atoms with Gasteiger partial charge in [0.1, 0.15) is 5.82 Å². The molecule has 1 N–H and O–H groups in total. The highest BCUT2D eigenvalue weighted by molar-refractivity contribution is 5.91. The summed E-state index contributed by atoms with van der Waals surface area (Å²) in [7, 11) is 0. The van der Waals surface area contributed by atoms with Gasteiger partial charge >= 0.3 is 0 Å². The van der Waals surface area contributed by atoms with Crippen LogP contribution in [0.25, 0.3) is 0 Å². The van der Waals surface area contributed by atoms with Crippen molar-refractivity contribution < 1.29 is 9.53 Å². The standard InChI is InChI=1S/C13H20N2O2/c1-4-5-9-17-12-8-6-7-11(14-12)15-13(16)10(2)3/h6-8,10H,4-5,9H2,1-3H3,(H,14,15,16). The van der Waals surface area contributed by atoms with Gasteiger partial charge in [0, 0.05) is 12.0 Å². The van der Waals surface area contributed by atoms with Gasteiger partial charge in [0.05, 0.1) is 6.61 Å². The summed E-state index contributed by atoms with van der Waals surface area (Å²) in [6, 6.07) is 5.37. The van der Waals surface area contributed by atoms with Crippen LogP contribution in [0.4, 0.5) is 5.82 Å². The molecule has 0 saturated carbocycles. The second-order valence-electron chi connectivity index (χ2n) is 4.21. The molecule has 0 fully saturated rings. The van der Waals surface area contributed by atoms with E-state index in [9.17, 15) is 4.79 Å². The van der Waals surface area contributed by atoms with Crippen molar-refractivity contribution in [1.29, 1.82) is 0 Å². The Balaban J connectivity index is 2.56. The molecule has 0 aromatic carbocycles. The van der Waals surface area contributed by atoms with Gasteiger partial charge in [-0.25, -0.2) is 0 Å². The van der Waals surface area contributed by atoms with Crippen molar-refractivity contribution in [3.8, 4) is 5.88 Å². The fraction of sp³-hybridized carbons (Fsp3) is 0.538. The molecular weight excluding hydrogens is 216 g/mol. The number of amides is 1. The van der Waals surface area contributed by atoms with Gasteiger partial charge in [0.2, 0.25) is 11.8 Å². The molecule has 0 saturated heterocycles. The smallest absolute Gasteiger partial charge is 0.228 e. The molecule has 0 aliphatic carbocycles. The van der Waals surface area contributed by atoms with E-state index in [0.717, 1.165) is 12.8 Å². The minimum atomic E-state index is -0.0542. The number of rotatable bonds is 6. The first-order valence-corrected chi connectivity index (χ1v) is 6.04. The van der Waals surface area contributed by atoms with Crippen molar-refractivity contribution >= 4 is 11.7 Å². The summed E-state index contributed by atoms with van der Waals surface area (Å²) in [6.45, 7) is 6.45. The topological polar surface area (TPSA) is 51.2 Å². The van der Waals surface area contributed by atoms with Crippen LogP contribution in [-0.2, 0) is 4.79 Å². The maximum atomic E-state index is 11.5. The molecule has 0 aliphatic rings. The molecule has 17 heavy (non-hydrogen) atoms. The number of anilines is 1. The Hall–Kier alpha value is -1.58. The molecule has 0 unspecified atom stereocenters. The summed E-state index contributed by atoms with van der Waals surface area (Å²) in [6.07, 6.45) is 2.09. The summed E-state index contributed by atoms with van der Waals surface area (Å²) >= 11 is 0. The highest BCUT2D eigenvalue weighted by atomic mass is 16.5. The first-order chi connectivity index (χ1) is 8.13. The number of ether oxygens (including phenoxy) is 1. The second kappa shape index (κ2) is 6.89. The van der Waals surface area contributed by atoms with Crippen LogP contribution in [0.15, 0.2) is 18.2 Å². The third-order valence-corrected chi connectivity index (χ3v) is 2.25. The Morgan fingerprint density at radius 3 is 2.88 bits per heavy atom. The van der Waals surface area contributed by atoms with Crippen LogP contribution in [0.2, 0.25) is 0 Å². The van der Waals surface area contributed by atoms with E-state index in [1.54, 1.807) is 12.1 Å². The largest absolute Gasteiger partial charge is 0.478 e. The van der Waals surface area contributed by atoms with Gasteiger partial charge < -0.3 is 10.1 Å². The van der Waals surface area contributed by atoms with Crippen molar-refractivity contribution in [2.24, 2.45) is 5.92 Å². The predicted octanol–water partition coefficient (Wildman–Crippen LogP) is 2.86. The zero-order valence-electron chi connectivity index (χ0n) is 10.7. The lowest BCUT2D eigenvalue weighted by molar-refractivity contribution is -0.118. The van der Waals surface area contributed by atoms with Gasteiger partial charge in [-0.15, -0.1) is 0 Å². The van der Waals surface area contributed by atoms with E-state index in [-0.39, 0.29) is 11.8 Å². The number of nitrogens with one attached hydrogen (secondary N) is 1. The lowest BCUT2D eigenvalue weighted by Gasteiger charge is -2.09. The molecule has 0 spiro atoms. The van der Waals surface area contributed by atoms with Crippen molar-refractivity contribution in [2.75, 3.05) is 11.9 Å². The molecule has 1 aromatic rings. The van der Waals surface area contributed by atoms with Crippen LogP contribution < -0.4 is 10.1 Å². The maximum absolute atomic E-state index is 11.5. The molecule has 0 atom stereocenters. The van der Waals surface area contributed by atoms with E-state index < -0.39 is 0 Å². The van der Waals surface area contributed by atoms with Gasteiger partial charge in [-0.1, -0.05) is 33.3 Å². The average Bonchev–Trinajstić information content (AvgIpc) is 2.30. The molecule has 0 radical (unpaired) electrons. The second-order valence-corrected chi connectivity index (χ2v) is 4.21. The Kier molecular flexibility index (Phi) is 5.46. The number of carbonyl (C=O) groups is 1.